The summed E-state index contributed by atoms with van der Waals surface area (Å²) in [5.74, 6) is 0.393. The van der Waals surface area contributed by atoms with Gasteiger partial charge in [-0.3, -0.25) is 9.52 Å². The van der Waals surface area contributed by atoms with Gasteiger partial charge in [0.05, 0.1) is 17.7 Å². The fourth-order valence-electron chi connectivity index (χ4n) is 2.92. The van der Waals surface area contributed by atoms with Crippen molar-refractivity contribution < 1.29 is 17.9 Å². The number of rotatable bonds is 7. The summed E-state index contributed by atoms with van der Waals surface area (Å²) >= 11 is 0. The van der Waals surface area contributed by atoms with Crippen molar-refractivity contribution in [3.63, 3.8) is 0 Å². The largest absolute Gasteiger partial charge is 0.496 e. The first kappa shape index (κ1) is 19.6. The molecule has 0 saturated carbocycles. The van der Waals surface area contributed by atoms with Crippen molar-refractivity contribution in [2.24, 2.45) is 0 Å². The molecule has 28 heavy (non-hydrogen) atoms. The van der Waals surface area contributed by atoms with Crippen LogP contribution in [0.15, 0.2) is 77.7 Å². The zero-order valence-corrected chi connectivity index (χ0v) is 16.5. The molecule has 0 radical (unpaired) electrons. The zero-order chi connectivity index (χ0) is 20.1. The van der Waals surface area contributed by atoms with E-state index in [-0.39, 0.29) is 16.4 Å². The van der Waals surface area contributed by atoms with Crippen molar-refractivity contribution in [3.8, 4) is 5.75 Å². The lowest BCUT2D eigenvalue weighted by Crippen LogP contribution is -2.16. The molecule has 0 spiro atoms. The minimum absolute atomic E-state index is 0.118. The molecule has 0 fully saturated rings. The molecule has 6 heteroatoms. The highest BCUT2D eigenvalue weighted by Gasteiger charge is 2.20. The van der Waals surface area contributed by atoms with Crippen LogP contribution in [0.5, 0.6) is 5.75 Å². The van der Waals surface area contributed by atoms with Crippen LogP contribution in [0.3, 0.4) is 0 Å². The summed E-state index contributed by atoms with van der Waals surface area (Å²) in [4.78, 5) is 12.9. The van der Waals surface area contributed by atoms with Gasteiger partial charge in [-0.05, 0) is 42.3 Å². The number of nitrogens with one attached hydrogen (secondary N) is 1. The summed E-state index contributed by atoms with van der Waals surface area (Å²) in [7, 11) is -2.32. The predicted molar refractivity (Wildman–Crippen MR) is 109 cm³/mol. The number of hydrogen-bond donors (Lipinski definition) is 1. The molecule has 0 heterocycles. The van der Waals surface area contributed by atoms with Crippen molar-refractivity contribution in [1.29, 1.82) is 0 Å². The number of benzene rings is 3. The van der Waals surface area contributed by atoms with E-state index in [1.165, 1.54) is 6.07 Å². The number of ether oxygens (including phenoxy) is 1. The SMILES string of the molecule is CCc1cc(S(=O)(=O)Nc2ccccc2C(=O)c2ccccc2)ccc1OC. The third-order valence-electron chi connectivity index (χ3n) is 4.40. The smallest absolute Gasteiger partial charge is 0.261 e. The molecule has 0 aliphatic heterocycles. The van der Waals surface area contributed by atoms with E-state index in [4.69, 9.17) is 4.74 Å². The van der Waals surface area contributed by atoms with E-state index >= 15 is 0 Å². The molecule has 144 valence electrons. The standard InChI is InChI=1S/C22H21NO4S/c1-3-16-15-18(13-14-21(16)27-2)28(25,26)23-20-12-8-7-11-19(20)22(24)17-9-5-4-6-10-17/h4-15,23H,3H2,1-2H3. The van der Waals surface area contributed by atoms with E-state index in [0.717, 1.165) is 5.56 Å². The Balaban J connectivity index is 1.97. The second-order valence-corrected chi connectivity index (χ2v) is 7.86. The summed E-state index contributed by atoms with van der Waals surface area (Å²) in [6, 6.07) is 20.0. The molecule has 5 nitrogen and oxygen atoms in total. The van der Waals surface area contributed by atoms with Gasteiger partial charge in [-0.2, -0.15) is 0 Å². The number of sulfonamides is 1. The molecule has 3 rings (SSSR count). The van der Waals surface area contributed by atoms with E-state index < -0.39 is 10.0 Å². The molecule has 0 amide bonds. The maximum Gasteiger partial charge on any atom is 0.261 e. The fraction of sp³-hybridized carbons (Fsp3) is 0.136. The Morgan fingerprint density at radius 1 is 0.964 bits per heavy atom. The lowest BCUT2D eigenvalue weighted by Gasteiger charge is -2.14. The first-order chi connectivity index (χ1) is 13.5. The van der Waals surface area contributed by atoms with Crippen LogP contribution in [-0.2, 0) is 16.4 Å². The highest BCUT2D eigenvalue weighted by Crippen LogP contribution is 2.26. The molecular weight excluding hydrogens is 374 g/mol. The first-order valence-electron chi connectivity index (χ1n) is 8.84. The van der Waals surface area contributed by atoms with Gasteiger partial charge in [0, 0.05) is 11.1 Å². The maximum atomic E-state index is 12.9. The van der Waals surface area contributed by atoms with Crippen LogP contribution in [0.1, 0.15) is 28.4 Å². The summed E-state index contributed by atoms with van der Waals surface area (Å²) in [6.45, 7) is 1.93. The highest BCUT2D eigenvalue weighted by atomic mass is 32.2. The number of carbonyl (C=O) groups is 1. The van der Waals surface area contributed by atoms with E-state index in [1.54, 1.807) is 67.8 Å². The van der Waals surface area contributed by atoms with E-state index in [1.807, 2.05) is 13.0 Å². The molecule has 0 unspecified atom stereocenters. The van der Waals surface area contributed by atoms with Crippen LogP contribution in [0.4, 0.5) is 5.69 Å². The van der Waals surface area contributed by atoms with Crippen LogP contribution < -0.4 is 9.46 Å². The Hall–Kier alpha value is -3.12. The van der Waals surface area contributed by atoms with Gasteiger partial charge < -0.3 is 4.74 Å². The number of carbonyl (C=O) groups excluding carboxylic acids is 1. The fourth-order valence-corrected chi connectivity index (χ4v) is 4.05. The van der Waals surface area contributed by atoms with Crippen molar-refractivity contribution in [1.82, 2.24) is 0 Å². The average molecular weight is 395 g/mol. The summed E-state index contributed by atoms with van der Waals surface area (Å²) in [5.41, 5.74) is 1.82. The topological polar surface area (TPSA) is 72.5 Å². The maximum absolute atomic E-state index is 12.9. The number of methoxy groups -OCH3 is 1. The monoisotopic (exact) mass is 395 g/mol. The summed E-state index contributed by atoms with van der Waals surface area (Å²) in [5, 5.41) is 0. The van der Waals surface area contributed by atoms with Crippen molar-refractivity contribution >= 4 is 21.5 Å². The predicted octanol–water partition coefficient (Wildman–Crippen LogP) is 4.29. The van der Waals surface area contributed by atoms with Crippen molar-refractivity contribution in [3.05, 3.63) is 89.5 Å². The second kappa shape index (κ2) is 8.27. The summed E-state index contributed by atoms with van der Waals surface area (Å²) in [6.07, 6.45) is 0.635. The Morgan fingerprint density at radius 3 is 2.32 bits per heavy atom. The number of aryl methyl sites for hydroxylation is 1. The van der Waals surface area contributed by atoms with Gasteiger partial charge in [0.1, 0.15) is 5.75 Å². The number of hydrogen-bond acceptors (Lipinski definition) is 4. The highest BCUT2D eigenvalue weighted by molar-refractivity contribution is 7.92. The van der Waals surface area contributed by atoms with Gasteiger partial charge in [0.15, 0.2) is 5.78 Å². The molecule has 0 bridgehead atoms. The van der Waals surface area contributed by atoms with E-state index in [0.29, 0.717) is 23.3 Å². The van der Waals surface area contributed by atoms with Gasteiger partial charge in [-0.15, -0.1) is 0 Å². The molecule has 3 aromatic carbocycles. The second-order valence-electron chi connectivity index (χ2n) is 6.17. The van der Waals surface area contributed by atoms with Gasteiger partial charge in [0.2, 0.25) is 0 Å². The molecule has 3 aromatic rings. The van der Waals surface area contributed by atoms with Gasteiger partial charge in [0.25, 0.3) is 10.0 Å². The van der Waals surface area contributed by atoms with E-state index in [9.17, 15) is 13.2 Å². The Kier molecular flexibility index (Phi) is 5.80. The number of para-hydroxylation sites is 1. The quantitative estimate of drug-likeness (QED) is 0.606. The molecule has 0 atom stereocenters. The first-order valence-corrected chi connectivity index (χ1v) is 10.3. The minimum atomic E-state index is -3.87. The van der Waals surface area contributed by atoms with Gasteiger partial charge in [-0.1, -0.05) is 49.4 Å². The number of ketones is 1. The van der Waals surface area contributed by atoms with Crippen LogP contribution in [0.25, 0.3) is 0 Å². The van der Waals surface area contributed by atoms with Gasteiger partial charge >= 0.3 is 0 Å². The average Bonchev–Trinajstić information content (AvgIpc) is 2.73. The lowest BCUT2D eigenvalue weighted by molar-refractivity contribution is 0.103. The van der Waals surface area contributed by atoms with Crippen LogP contribution >= 0.6 is 0 Å². The third-order valence-corrected chi connectivity index (χ3v) is 5.76. The van der Waals surface area contributed by atoms with Crippen LogP contribution in [-0.4, -0.2) is 21.3 Å². The summed E-state index contributed by atoms with van der Waals surface area (Å²) < 4.78 is 33.6. The molecule has 0 aliphatic rings. The van der Waals surface area contributed by atoms with Crippen molar-refractivity contribution in [2.45, 2.75) is 18.2 Å². The zero-order valence-electron chi connectivity index (χ0n) is 15.7. The molecule has 0 aliphatic carbocycles. The molecule has 0 aromatic heterocycles. The van der Waals surface area contributed by atoms with Crippen LogP contribution in [0, 0.1) is 0 Å². The van der Waals surface area contributed by atoms with Crippen LogP contribution in [0.2, 0.25) is 0 Å². The minimum Gasteiger partial charge on any atom is -0.496 e. The molecule has 1 N–H and O–H groups in total. The van der Waals surface area contributed by atoms with E-state index in [2.05, 4.69) is 4.72 Å². The normalized spacial score (nSPS) is 11.1. The lowest BCUT2D eigenvalue weighted by atomic mass is 10.0. The molecule has 0 saturated heterocycles. The Labute approximate surface area is 165 Å². The Bertz CT molecular complexity index is 1090. The number of anilines is 1. The van der Waals surface area contributed by atoms with Crippen molar-refractivity contribution in [2.75, 3.05) is 11.8 Å². The Morgan fingerprint density at radius 2 is 1.64 bits per heavy atom. The third kappa shape index (κ3) is 4.07. The van der Waals surface area contributed by atoms with Gasteiger partial charge in [-0.25, -0.2) is 8.42 Å². The molecular formula is C22H21NO4S.